The van der Waals surface area contributed by atoms with E-state index in [1.165, 1.54) is 44.1 Å². The van der Waals surface area contributed by atoms with Crippen molar-refractivity contribution in [3.63, 3.8) is 0 Å². The second-order valence-corrected chi connectivity index (χ2v) is 7.54. The average Bonchev–Trinajstić information content (AvgIpc) is 2.37. The zero-order chi connectivity index (χ0) is 13.7. The van der Waals surface area contributed by atoms with Crippen LogP contribution in [0.5, 0.6) is 0 Å². The molecule has 0 aromatic heterocycles. The van der Waals surface area contributed by atoms with Crippen molar-refractivity contribution in [1.29, 1.82) is 0 Å². The molecule has 0 heterocycles. The van der Waals surface area contributed by atoms with Gasteiger partial charge in [0.15, 0.2) is 0 Å². The third-order valence-electron chi connectivity index (χ3n) is 5.98. The molecule has 0 spiro atoms. The summed E-state index contributed by atoms with van der Waals surface area (Å²) < 4.78 is 0. The van der Waals surface area contributed by atoms with Crippen molar-refractivity contribution in [3.8, 4) is 0 Å². The van der Waals surface area contributed by atoms with Gasteiger partial charge >= 0.3 is 0 Å². The molecule has 2 nitrogen and oxygen atoms in total. The zero-order valence-electron chi connectivity index (χ0n) is 12.0. The Balaban J connectivity index is 1.62. The van der Waals surface area contributed by atoms with Gasteiger partial charge in [0.25, 0.3) is 0 Å². The third kappa shape index (κ3) is 1.97. The maximum Gasteiger partial charge on any atom is 0.221 e. The average molecular weight is 269 g/mol. The Kier molecular flexibility index (Phi) is 2.70. The Bertz CT molecular complexity index is 496. The number of hydrogen-bond acceptors (Lipinski definition) is 1. The molecule has 4 bridgehead atoms. The van der Waals surface area contributed by atoms with Crippen molar-refractivity contribution >= 4 is 5.91 Å². The molecule has 0 atom stereocenters. The van der Waals surface area contributed by atoms with Crippen LogP contribution in [0.2, 0.25) is 0 Å². The molecule has 4 aliphatic rings. The van der Waals surface area contributed by atoms with Gasteiger partial charge in [0, 0.05) is 0 Å². The molecule has 4 aliphatic carbocycles. The predicted molar refractivity (Wildman–Crippen MR) is 79.2 cm³/mol. The van der Waals surface area contributed by atoms with Gasteiger partial charge in [-0.2, -0.15) is 0 Å². The van der Waals surface area contributed by atoms with Gasteiger partial charge in [0.05, 0.1) is 6.42 Å². The highest BCUT2D eigenvalue weighted by Crippen LogP contribution is 2.60. The van der Waals surface area contributed by atoms with Crippen LogP contribution in [-0.4, -0.2) is 5.91 Å². The van der Waals surface area contributed by atoms with Crippen LogP contribution in [0.25, 0.3) is 0 Å². The van der Waals surface area contributed by atoms with E-state index < -0.39 is 0 Å². The lowest BCUT2D eigenvalue weighted by molar-refractivity contribution is -0.117. The number of amides is 1. The summed E-state index contributed by atoms with van der Waals surface area (Å²) in [4.78, 5) is 11.0. The maximum absolute atomic E-state index is 11.0. The van der Waals surface area contributed by atoms with Crippen molar-refractivity contribution in [1.82, 2.24) is 0 Å². The molecule has 2 N–H and O–H groups in total. The van der Waals surface area contributed by atoms with E-state index in [1.807, 2.05) is 0 Å². The van der Waals surface area contributed by atoms with E-state index in [0.717, 1.165) is 23.3 Å². The van der Waals surface area contributed by atoms with Gasteiger partial charge in [0.1, 0.15) is 0 Å². The fourth-order valence-electron chi connectivity index (χ4n) is 5.64. The minimum atomic E-state index is -0.243. The smallest absolute Gasteiger partial charge is 0.221 e. The second-order valence-electron chi connectivity index (χ2n) is 7.54. The van der Waals surface area contributed by atoms with Crippen LogP contribution in [0.4, 0.5) is 0 Å². The van der Waals surface area contributed by atoms with Crippen LogP contribution >= 0.6 is 0 Å². The first-order chi connectivity index (χ1) is 9.63. The fourth-order valence-corrected chi connectivity index (χ4v) is 5.64. The molecule has 5 rings (SSSR count). The Morgan fingerprint density at radius 2 is 1.50 bits per heavy atom. The van der Waals surface area contributed by atoms with Crippen LogP contribution in [0.1, 0.15) is 49.7 Å². The van der Waals surface area contributed by atoms with Crippen molar-refractivity contribution in [2.24, 2.45) is 23.5 Å². The largest absolute Gasteiger partial charge is 0.369 e. The fraction of sp³-hybridized carbons (Fsp3) is 0.611. The number of hydrogen-bond donors (Lipinski definition) is 1. The highest BCUT2D eigenvalue weighted by molar-refractivity contribution is 5.76. The molecule has 4 saturated carbocycles. The van der Waals surface area contributed by atoms with Crippen LogP contribution in [-0.2, 0) is 16.6 Å². The molecule has 0 saturated heterocycles. The molecular formula is C18H23NO. The number of benzene rings is 1. The van der Waals surface area contributed by atoms with Crippen molar-refractivity contribution < 1.29 is 4.79 Å². The normalized spacial score (nSPS) is 38.1. The third-order valence-corrected chi connectivity index (χ3v) is 5.98. The van der Waals surface area contributed by atoms with E-state index in [0.29, 0.717) is 11.8 Å². The first-order valence-corrected chi connectivity index (χ1v) is 8.01. The lowest BCUT2D eigenvalue weighted by atomic mass is 9.48. The molecule has 1 aromatic carbocycles. The summed E-state index contributed by atoms with van der Waals surface area (Å²) in [6.45, 7) is 0. The van der Waals surface area contributed by atoms with Crippen molar-refractivity contribution in [2.75, 3.05) is 0 Å². The Morgan fingerprint density at radius 1 is 1.00 bits per heavy atom. The monoisotopic (exact) mass is 269 g/mol. The molecule has 0 aliphatic heterocycles. The molecule has 0 unspecified atom stereocenters. The Labute approximate surface area is 120 Å². The molecule has 20 heavy (non-hydrogen) atoms. The van der Waals surface area contributed by atoms with Gasteiger partial charge < -0.3 is 5.73 Å². The quantitative estimate of drug-likeness (QED) is 0.899. The summed E-state index contributed by atoms with van der Waals surface area (Å²) >= 11 is 0. The lowest BCUT2D eigenvalue weighted by Gasteiger charge is -2.57. The zero-order valence-corrected chi connectivity index (χ0v) is 12.0. The van der Waals surface area contributed by atoms with E-state index in [4.69, 9.17) is 5.73 Å². The molecule has 106 valence electrons. The van der Waals surface area contributed by atoms with E-state index in [1.54, 1.807) is 0 Å². The second kappa shape index (κ2) is 4.34. The van der Waals surface area contributed by atoms with Crippen LogP contribution in [0.3, 0.4) is 0 Å². The number of nitrogens with two attached hydrogens (primary N) is 1. The Hall–Kier alpha value is -1.31. The first-order valence-electron chi connectivity index (χ1n) is 8.01. The summed E-state index contributed by atoms with van der Waals surface area (Å²) in [5.41, 5.74) is 8.29. The first kappa shape index (κ1) is 12.4. The van der Waals surface area contributed by atoms with Gasteiger partial charge in [-0.1, -0.05) is 24.3 Å². The number of primary amides is 1. The summed E-state index contributed by atoms with van der Waals surface area (Å²) in [6, 6.07) is 8.76. The topological polar surface area (TPSA) is 43.1 Å². The van der Waals surface area contributed by atoms with Gasteiger partial charge in [-0.25, -0.2) is 0 Å². The summed E-state index contributed by atoms with van der Waals surface area (Å²) in [6.07, 6.45) is 9.01. The van der Waals surface area contributed by atoms with E-state index >= 15 is 0 Å². The minimum absolute atomic E-state index is 0.243. The number of carbonyl (C=O) groups is 1. The molecule has 0 radical (unpaired) electrons. The molecule has 1 aromatic rings. The van der Waals surface area contributed by atoms with Crippen LogP contribution < -0.4 is 5.73 Å². The number of carbonyl (C=O) groups excluding carboxylic acids is 1. The van der Waals surface area contributed by atoms with Gasteiger partial charge in [0.2, 0.25) is 5.91 Å². The van der Waals surface area contributed by atoms with E-state index in [9.17, 15) is 4.79 Å². The maximum atomic E-state index is 11.0. The molecule has 4 fully saturated rings. The SMILES string of the molecule is NC(=O)Cc1ccc(C23CC4CC(CC(C4)C2)C3)cc1. The van der Waals surface area contributed by atoms with Gasteiger partial charge in [-0.15, -0.1) is 0 Å². The summed E-state index contributed by atoms with van der Waals surface area (Å²) in [7, 11) is 0. The summed E-state index contributed by atoms with van der Waals surface area (Å²) in [5, 5.41) is 0. The van der Waals surface area contributed by atoms with Crippen LogP contribution in [0, 0.1) is 17.8 Å². The van der Waals surface area contributed by atoms with Crippen molar-refractivity contribution in [2.45, 2.75) is 50.4 Å². The van der Waals surface area contributed by atoms with Gasteiger partial charge in [-0.05, 0) is 72.8 Å². The Morgan fingerprint density at radius 3 is 1.95 bits per heavy atom. The summed E-state index contributed by atoms with van der Waals surface area (Å²) in [5.74, 6) is 2.69. The predicted octanol–water partition coefficient (Wildman–Crippen LogP) is 3.18. The van der Waals surface area contributed by atoms with E-state index in [2.05, 4.69) is 24.3 Å². The van der Waals surface area contributed by atoms with E-state index in [-0.39, 0.29) is 5.91 Å². The lowest BCUT2D eigenvalue weighted by Crippen LogP contribution is -2.48. The van der Waals surface area contributed by atoms with Crippen LogP contribution in [0.15, 0.2) is 24.3 Å². The highest BCUT2D eigenvalue weighted by atomic mass is 16.1. The standard InChI is InChI=1S/C18H23NO/c19-17(20)8-12-1-3-16(4-2-12)18-9-13-5-14(10-18)7-15(6-13)11-18/h1-4,13-15H,5-11H2,(H2,19,20). The highest BCUT2D eigenvalue weighted by Gasteiger charge is 2.51. The minimum Gasteiger partial charge on any atom is -0.369 e. The molecular weight excluding hydrogens is 246 g/mol. The molecule has 1 amide bonds. The van der Waals surface area contributed by atoms with Gasteiger partial charge in [-0.3, -0.25) is 4.79 Å². The number of rotatable bonds is 3. The van der Waals surface area contributed by atoms with Crippen molar-refractivity contribution in [3.05, 3.63) is 35.4 Å². The molecule has 2 heteroatoms.